The van der Waals surface area contributed by atoms with Crippen LogP contribution in [0.2, 0.25) is 0 Å². The molecule has 1 unspecified atom stereocenters. The lowest BCUT2D eigenvalue weighted by Gasteiger charge is -2.31. The zero-order chi connectivity index (χ0) is 16.1. The van der Waals surface area contributed by atoms with E-state index in [-0.39, 0.29) is 17.6 Å². The van der Waals surface area contributed by atoms with Crippen molar-refractivity contribution in [3.63, 3.8) is 0 Å². The minimum atomic E-state index is -0.00907. The fourth-order valence-corrected chi connectivity index (χ4v) is 4.58. The summed E-state index contributed by atoms with van der Waals surface area (Å²) >= 11 is 1.35. The van der Waals surface area contributed by atoms with E-state index in [1.807, 2.05) is 18.7 Å². The highest BCUT2D eigenvalue weighted by Gasteiger charge is 2.28. The van der Waals surface area contributed by atoms with Crippen molar-refractivity contribution in [3.8, 4) is 0 Å². The lowest BCUT2D eigenvalue weighted by molar-refractivity contribution is -0.0122. The molecule has 2 aromatic rings. The zero-order valence-electron chi connectivity index (χ0n) is 13.3. The van der Waals surface area contributed by atoms with Crippen LogP contribution in [0.5, 0.6) is 0 Å². The van der Waals surface area contributed by atoms with Gasteiger partial charge in [-0.3, -0.25) is 14.2 Å². The van der Waals surface area contributed by atoms with Crippen LogP contribution in [0.25, 0.3) is 10.2 Å². The summed E-state index contributed by atoms with van der Waals surface area (Å²) in [6, 6.07) is 0. The molecule has 7 heteroatoms. The van der Waals surface area contributed by atoms with E-state index < -0.39 is 0 Å². The molecule has 0 N–H and O–H groups in total. The van der Waals surface area contributed by atoms with Gasteiger partial charge in [0.2, 0.25) is 0 Å². The average Bonchev–Trinajstić information content (AvgIpc) is 3.12. The predicted molar refractivity (Wildman–Crippen MR) is 88.3 cm³/mol. The zero-order valence-corrected chi connectivity index (χ0v) is 14.1. The number of amides is 1. The largest absolute Gasteiger partial charge is 0.375 e. The lowest BCUT2D eigenvalue weighted by atomic mass is 10.2. The highest BCUT2D eigenvalue weighted by Crippen LogP contribution is 2.30. The van der Waals surface area contributed by atoms with Gasteiger partial charge in [-0.05, 0) is 25.8 Å². The van der Waals surface area contributed by atoms with Crippen LogP contribution in [0.4, 0.5) is 0 Å². The van der Waals surface area contributed by atoms with Gasteiger partial charge in [-0.1, -0.05) is 0 Å². The van der Waals surface area contributed by atoms with Crippen LogP contribution >= 0.6 is 11.3 Å². The number of carbonyl (C=O) groups excluding carboxylic acids is 1. The Morgan fingerprint density at radius 3 is 3.00 bits per heavy atom. The van der Waals surface area contributed by atoms with E-state index in [0.29, 0.717) is 34.8 Å². The molecule has 6 nitrogen and oxygen atoms in total. The highest BCUT2D eigenvalue weighted by atomic mass is 32.1. The van der Waals surface area contributed by atoms with E-state index in [1.165, 1.54) is 11.3 Å². The number of thiophene rings is 1. The molecule has 0 aliphatic carbocycles. The van der Waals surface area contributed by atoms with Crippen LogP contribution in [0.1, 0.15) is 34.4 Å². The van der Waals surface area contributed by atoms with Crippen LogP contribution in [0.15, 0.2) is 4.79 Å². The first-order valence-electron chi connectivity index (χ1n) is 8.00. The van der Waals surface area contributed by atoms with Gasteiger partial charge in [-0.25, -0.2) is 4.98 Å². The number of morpholine rings is 1. The van der Waals surface area contributed by atoms with Crippen molar-refractivity contribution >= 4 is 27.5 Å². The Morgan fingerprint density at radius 1 is 1.39 bits per heavy atom. The molecule has 0 radical (unpaired) electrons. The van der Waals surface area contributed by atoms with Gasteiger partial charge in [-0.2, -0.15) is 0 Å². The number of carbonyl (C=O) groups is 1. The number of nitrogens with zero attached hydrogens (tertiary/aromatic N) is 3. The Kier molecular flexibility index (Phi) is 3.50. The second kappa shape index (κ2) is 5.42. The summed E-state index contributed by atoms with van der Waals surface area (Å²) in [5.74, 6) is 0.841. The third kappa shape index (κ3) is 2.30. The number of rotatable bonds is 1. The van der Waals surface area contributed by atoms with E-state index in [4.69, 9.17) is 4.74 Å². The molecule has 23 heavy (non-hydrogen) atoms. The van der Waals surface area contributed by atoms with Crippen LogP contribution < -0.4 is 5.56 Å². The smallest absolute Gasteiger partial charge is 0.264 e. The number of aryl methyl sites for hydroxylation is 2. The summed E-state index contributed by atoms with van der Waals surface area (Å²) in [5.41, 5.74) is 0.777. The monoisotopic (exact) mass is 333 g/mol. The fourth-order valence-electron chi connectivity index (χ4n) is 3.43. The number of hydrogen-bond acceptors (Lipinski definition) is 5. The van der Waals surface area contributed by atoms with Gasteiger partial charge >= 0.3 is 0 Å². The number of fused-ring (bicyclic) bond motifs is 2. The summed E-state index contributed by atoms with van der Waals surface area (Å²) < 4.78 is 7.26. The predicted octanol–water partition coefficient (Wildman–Crippen LogP) is 1.57. The molecule has 4 rings (SSSR count). The first-order chi connectivity index (χ1) is 11.1. The normalized spacial score (nSPS) is 21.0. The third-order valence-corrected chi connectivity index (χ3v) is 5.81. The first-order valence-corrected chi connectivity index (χ1v) is 8.81. The van der Waals surface area contributed by atoms with E-state index in [0.717, 1.165) is 30.8 Å². The molecular formula is C16H19N3O3S. The van der Waals surface area contributed by atoms with Crippen LogP contribution in [0, 0.1) is 6.92 Å². The van der Waals surface area contributed by atoms with Crippen molar-refractivity contribution in [1.29, 1.82) is 0 Å². The Morgan fingerprint density at radius 2 is 2.22 bits per heavy atom. The van der Waals surface area contributed by atoms with Gasteiger partial charge in [0.15, 0.2) is 0 Å². The Balaban J connectivity index is 1.79. The summed E-state index contributed by atoms with van der Waals surface area (Å²) in [4.78, 5) is 33.3. The van der Waals surface area contributed by atoms with Gasteiger partial charge in [0.05, 0.1) is 23.0 Å². The maximum Gasteiger partial charge on any atom is 0.264 e. The topological polar surface area (TPSA) is 64.4 Å². The molecule has 0 spiro atoms. The number of aromatic nitrogens is 2. The Hall–Kier alpha value is -1.73. The van der Waals surface area contributed by atoms with E-state index >= 15 is 0 Å². The van der Waals surface area contributed by atoms with Crippen molar-refractivity contribution in [2.45, 2.75) is 39.3 Å². The fraction of sp³-hybridized carbons (Fsp3) is 0.562. The van der Waals surface area contributed by atoms with Gasteiger partial charge in [0.25, 0.3) is 11.5 Å². The maximum atomic E-state index is 12.8. The van der Waals surface area contributed by atoms with E-state index in [9.17, 15) is 9.59 Å². The quantitative estimate of drug-likeness (QED) is 0.795. The SMILES string of the molecule is Cc1c(C(=O)N2CCOC(C)C2)sc2nc3n(c(=O)c12)CCC3. The molecule has 1 amide bonds. The second-order valence-electron chi connectivity index (χ2n) is 6.26. The van der Waals surface area contributed by atoms with Crippen molar-refractivity contribution in [2.24, 2.45) is 0 Å². The van der Waals surface area contributed by atoms with Crippen LogP contribution in [0.3, 0.4) is 0 Å². The molecule has 0 bridgehead atoms. The minimum absolute atomic E-state index is 0.00523. The highest BCUT2D eigenvalue weighted by molar-refractivity contribution is 7.20. The van der Waals surface area contributed by atoms with Crippen LogP contribution in [-0.4, -0.2) is 46.2 Å². The maximum absolute atomic E-state index is 12.8. The molecule has 1 fully saturated rings. The molecule has 4 heterocycles. The average molecular weight is 333 g/mol. The van der Waals surface area contributed by atoms with Crippen molar-refractivity contribution < 1.29 is 9.53 Å². The van der Waals surface area contributed by atoms with Gasteiger partial charge in [-0.15, -0.1) is 11.3 Å². The minimum Gasteiger partial charge on any atom is -0.375 e. The van der Waals surface area contributed by atoms with E-state index in [1.54, 1.807) is 4.57 Å². The first kappa shape index (κ1) is 14.8. The molecule has 1 atom stereocenters. The molecule has 2 aliphatic rings. The molecule has 0 saturated carbocycles. The number of hydrogen-bond donors (Lipinski definition) is 0. The standard InChI is InChI=1S/C16H19N3O3S/c1-9-8-18(6-7-22-9)16(21)13-10(2)12-14(23-13)17-11-4-3-5-19(11)15(12)20/h9H,3-8H2,1-2H3. The van der Waals surface area contributed by atoms with E-state index in [2.05, 4.69) is 4.98 Å². The molecule has 0 aromatic carbocycles. The lowest BCUT2D eigenvalue weighted by Crippen LogP contribution is -2.44. The Bertz CT molecular complexity index is 854. The molecule has 2 aromatic heterocycles. The third-order valence-electron chi connectivity index (χ3n) is 4.63. The summed E-state index contributed by atoms with van der Waals surface area (Å²) in [6.45, 7) is 6.31. The Labute approximate surface area is 137 Å². The van der Waals surface area contributed by atoms with Gasteiger partial charge in [0.1, 0.15) is 10.7 Å². The summed E-state index contributed by atoms with van der Waals surface area (Å²) in [5, 5.41) is 0.616. The summed E-state index contributed by atoms with van der Waals surface area (Å²) in [6.07, 6.45) is 1.86. The number of ether oxygens (including phenoxy) is 1. The molecule has 122 valence electrons. The van der Waals surface area contributed by atoms with Gasteiger partial charge in [0, 0.05) is 26.1 Å². The molecular weight excluding hydrogens is 314 g/mol. The van der Waals surface area contributed by atoms with Crippen molar-refractivity contribution in [1.82, 2.24) is 14.5 Å². The van der Waals surface area contributed by atoms with Crippen LogP contribution in [-0.2, 0) is 17.7 Å². The summed E-state index contributed by atoms with van der Waals surface area (Å²) in [7, 11) is 0. The van der Waals surface area contributed by atoms with Gasteiger partial charge < -0.3 is 9.64 Å². The molecule has 2 aliphatic heterocycles. The molecule has 1 saturated heterocycles. The van der Waals surface area contributed by atoms with Crippen molar-refractivity contribution in [3.05, 3.63) is 26.6 Å². The van der Waals surface area contributed by atoms with Crippen molar-refractivity contribution in [2.75, 3.05) is 19.7 Å². The second-order valence-corrected chi connectivity index (χ2v) is 7.26.